The van der Waals surface area contributed by atoms with Gasteiger partial charge < -0.3 is 9.42 Å². The first-order chi connectivity index (χ1) is 15.3. The van der Waals surface area contributed by atoms with Crippen LogP contribution < -0.4 is 0 Å². The lowest BCUT2D eigenvalue weighted by molar-refractivity contribution is -0.133. The van der Waals surface area contributed by atoms with Crippen LogP contribution in [0.1, 0.15) is 5.89 Å². The molecular formula is C20H22ClN5O4S2. The highest BCUT2D eigenvalue weighted by Gasteiger charge is 2.28. The summed E-state index contributed by atoms with van der Waals surface area (Å²) < 4.78 is 31.7. The Hall–Kier alpha value is -2.31. The van der Waals surface area contributed by atoms with Gasteiger partial charge in [0.2, 0.25) is 17.6 Å². The zero-order valence-electron chi connectivity index (χ0n) is 17.3. The second-order valence-electron chi connectivity index (χ2n) is 7.37. The molecule has 1 aliphatic heterocycles. The van der Waals surface area contributed by atoms with E-state index in [1.54, 1.807) is 28.5 Å². The Morgan fingerprint density at radius 2 is 1.91 bits per heavy atom. The number of benzene rings is 1. The van der Waals surface area contributed by atoms with Crippen molar-refractivity contribution >= 4 is 38.9 Å². The zero-order chi connectivity index (χ0) is 22.7. The van der Waals surface area contributed by atoms with Crippen molar-refractivity contribution in [2.75, 3.05) is 39.8 Å². The van der Waals surface area contributed by atoms with Gasteiger partial charge in [-0.25, -0.2) is 8.42 Å². The quantitative estimate of drug-likeness (QED) is 0.496. The van der Waals surface area contributed by atoms with Crippen LogP contribution in [0.2, 0.25) is 5.02 Å². The third-order valence-electron chi connectivity index (χ3n) is 5.17. The van der Waals surface area contributed by atoms with E-state index < -0.39 is 10.0 Å². The number of aromatic nitrogens is 2. The summed E-state index contributed by atoms with van der Waals surface area (Å²) in [5.41, 5.74) is 0.821. The van der Waals surface area contributed by atoms with Crippen LogP contribution in [0.5, 0.6) is 0 Å². The normalized spacial score (nSPS) is 15.4. The summed E-state index contributed by atoms with van der Waals surface area (Å²) in [7, 11) is -2.22. The molecule has 0 atom stereocenters. The minimum Gasteiger partial charge on any atom is -0.339 e. The molecule has 4 rings (SSSR count). The molecule has 1 saturated heterocycles. The van der Waals surface area contributed by atoms with Crippen molar-refractivity contribution in [2.24, 2.45) is 0 Å². The minimum absolute atomic E-state index is 0.186. The van der Waals surface area contributed by atoms with Crippen molar-refractivity contribution in [1.29, 1.82) is 0 Å². The molecule has 0 radical (unpaired) electrons. The topological polar surface area (TPSA) is 99.8 Å². The molecule has 3 heterocycles. The largest absolute Gasteiger partial charge is 0.339 e. The summed E-state index contributed by atoms with van der Waals surface area (Å²) in [4.78, 5) is 20.9. The predicted molar refractivity (Wildman–Crippen MR) is 121 cm³/mol. The smallest absolute Gasteiger partial charge is 0.252 e. The molecule has 1 aliphatic rings. The van der Waals surface area contributed by atoms with Gasteiger partial charge in [0.1, 0.15) is 4.21 Å². The lowest BCUT2D eigenvalue weighted by Gasteiger charge is -2.34. The molecule has 1 aromatic carbocycles. The SMILES string of the molecule is CN(CC(=O)N1CCN(Cc2nc(-c3ccc(Cl)cc3)no2)CC1)S(=O)(=O)c1cccs1. The number of carbonyl (C=O) groups is 1. The number of hydrogen-bond acceptors (Lipinski definition) is 8. The molecule has 0 spiro atoms. The fraction of sp³-hybridized carbons (Fsp3) is 0.350. The van der Waals surface area contributed by atoms with Gasteiger partial charge in [0, 0.05) is 43.8 Å². The van der Waals surface area contributed by atoms with Gasteiger partial charge in [-0.3, -0.25) is 9.69 Å². The predicted octanol–water partition coefficient (Wildman–Crippen LogP) is 2.42. The van der Waals surface area contributed by atoms with Crippen LogP contribution in [0, 0.1) is 0 Å². The van der Waals surface area contributed by atoms with Crippen molar-refractivity contribution in [3.05, 3.63) is 52.7 Å². The fourth-order valence-electron chi connectivity index (χ4n) is 3.32. The monoisotopic (exact) mass is 495 g/mol. The number of carbonyl (C=O) groups excluding carboxylic acids is 1. The van der Waals surface area contributed by atoms with Gasteiger partial charge in [-0.15, -0.1) is 11.3 Å². The fourth-order valence-corrected chi connectivity index (χ4v) is 5.77. The summed E-state index contributed by atoms with van der Waals surface area (Å²) in [5, 5.41) is 6.36. The second-order valence-corrected chi connectivity index (χ2v) is 11.0. The van der Waals surface area contributed by atoms with Gasteiger partial charge in [-0.1, -0.05) is 22.8 Å². The van der Waals surface area contributed by atoms with E-state index in [2.05, 4.69) is 15.0 Å². The minimum atomic E-state index is -3.64. The van der Waals surface area contributed by atoms with E-state index in [0.29, 0.717) is 49.5 Å². The van der Waals surface area contributed by atoms with Crippen molar-refractivity contribution in [1.82, 2.24) is 24.2 Å². The maximum absolute atomic E-state index is 12.6. The zero-order valence-corrected chi connectivity index (χ0v) is 19.7. The first-order valence-electron chi connectivity index (χ1n) is 9.91. The molecule has 1 amide bonds. The molecule has 170 valence electrons. The number of halogens is 1. The molecule has 0 unspecified atom stereocenters. The van der Waals surface area contributed by atoms with Crippen molar-refractivity contribution < 1.29 is 17.7 Å². The third-order valence-corrected chi connectivity index (χ3v) is 8.60. The van der Waals surface area contributed by atoms with Crippen LogP contribution in [0.25, 0.3) is 11.4 Å². The van der Waals surface area contributed by atoms with Crippen LogP contribution in [0.4, 0.5) is 0 Å². The Balaban J connectivity index is 1.28. The summed E-state index contributed by atoms with van der Waals surface area (Å²) in [6.45, 7) is 2.56. The lowest BCUT2D eigenvalue weighted by Crippen LogP contribution is -2.51. The first-order valence-corrected chi connectivity index (χ1v) is 12.6. The van der Waals surface area contributed by atoms with Gasteiger partial charge in [0.05, 0.1) is 13.1 Å². The summed E-state index contributed by atoms with van der Waals surface area (Å²) in [6.07, 6.45) is 0. The van der Waals surface area contributed by atoms with Crippen molar-refractivity contribution in [2.45, 2.75) is 10.8 Å². The molecule has 0 saturated carbocycles. The van der Waals surface area contributed by atoms with Crippen LogP contribution in [0.15, 0.2) is 50.5 Å². The van der Waals surface area contributed by atoms with Crippen LogP contribution in [-0.4, -0.2) is 78.3 Å². The highest BCUT2D eigenvalue weighted by molar-refractivity contribution is 7.91. The maximum atomic E-state index is 12.6. The average molecular weight is 496 g/mol. The number of sulfonamides is 1. The number of rotatable bonds is 7. The average Bonchev–Trinajstić information content (AvgIpc) is 3.47. The molecule has 9 nitrogen and oxygen atoms in total. The molecule has 32 heavy (non-hydrogen) atoms. The first kappa shape index (κ1) is 22.9. The van der Waals surface area contributed by atoms with E-state index in [-0.39, 0.29) is 16.7 Å². The van der Waals surface area contributed by atoms with Gasteiger partial charge in [-0.2, -0.15) is 9.29 Å². The van der Waals surface area contributed by atoms with E-state index in [1.807, 2.05) is 12.1 Å². The maximum Gasteiger partial charge on any atom is 0.252 e. The Morgan fingerprint density at radius 1 is 1.19 bits per heavy atom. The van der Waals surface area contributed by atoms with Crippen molar-refractivity contribution in [3.8, 4) is 11.4 Å². The Bertz CT molecular complexity index is 1160. The van der Waals surface area contributed by atoms with E-state index >= 15 is 0 Å². The number of thiophene rings is 1. The lowest BCUT2D eigenvalue weighted by atomic mass is 10.2. The molecule has 3 aromatic rings. The third kappa shape index (κ3) is 5.18. The van der Waals surface area contributed by atoms with E-state index in [1.165, 1.54) is 13.1 Å². The Morgan fingerprint density at radius 3 is 2.56 bits per heavy atom. The molecular weight excluding hydrogens is 474 g/mol. The summed E-state index contributed by atoms with van der Waals surface area (Å²) >= 11 is 7.05. The standard InChI is InChI=1S/C20H22ClN5O4S2/c1-24(32(28,29)19-3-2-12-31-19)14-18(27)26-10-8-25(9-11-26)13-17-22-20(23-30-17)15-4-6-16(21)7-5-15/h2-7,12H,8-11,13-14H2,1H3. The summed E-state index contributed by atoms with van der Waals surface area (Å²) in [6, 6.07) is 10.4. The highest BCUT2D eigenvalue weighted by Crippen LogP contribution is 2.21. The van der Waals surface area contributed by atoms with E-state index in [0.717, 1.165) is 21.2 Å². The molecule has 0 aliphatic carbocycles. The van der Waals surface area contributed by atoms with Crippen LogP contribution >= 0.6 is 22.9 Å². The number of piperazine rings is 1. The molecule has 0 N–H and O–H groups in total. The number of hydrogen-bond donors (Lipinski definition) is 0. The molecule has 12 heteroatoms. The van der Waals surface area contributed by atoms with Crippen LogP contribution in [-0.2, 0) is 21.4 Å². The number of nitrogens with zero attached hydrogens (tertiary/aromatic N) is 5. The van der Waals surface area contributed by atoms with Gasteiger partial charge in [0.15, 0.2) is 0 Å². The molecule has 1 fully saturated rings. The van der Waals surface area contributed by atoms with Gasteiger partial charge in [-0.05, 0) is 35.7 Å². The van der Waals surface area contributed by atoms with Crippen molar-refractivity contribution in [3.63, 3.8) is 0 Å². The van der Waals surface area contributed by atoms with E-state index in [9.17, 15) is 13.2 Å². The number of amides is 1. The van der Waals surface area contributed by atoms with Gasteiger partial charge >= 0.3 is 0 Å². The molecule has 2 aromatic heterocycles. The van der Waals surface area contributed by atoms with Crippen LogP contribution in [0.3, 0.4) is 0 Å². The Labute approximate surface area is 195 Å². The second kappa shape index (κ2) is 9.67. The van der Waals surface area contributed by atoms with E-state index in [4.69, 9.17) is 16.1 Å². The molecule has 0 bridgehead atoms. The van der Waals surface area contributed by atoms with Gasteiger partial charge in [0.25, 0.3) is 10.0 Å². The summed E-state index contributed by atoms with van der Waals surface area (Å²) in [5.74, 6) is 0.784. The highest BCUT2D eigenvalue weighted by atomic mass is 35.5. The Kier molecular flexibility index (Phi) is 6.91. The number of likely N-dealkylation sites (N-methyl/N-ethyl adjacent to an activating group) is 1.